The molecular weight excluding hydrogens is 476 g/mol. The molecule has 0 saturated carbocycles. The lowest BCUT2D eigenvalue weighted by Gasteiger charge is -2.29. The van der Waals surface area contributed by atoms with Gasteiger partial charge >= 0.3 is 0 Å². The number of amides is 1. The number of fused-ring (bicyclic) bond motifs is 1. The summed E-state index contributed by atoms with van der Waals surface area (Å²) in [6.07, 6.45) is 6.00. The van der Waals surface area contributed by atoms with Gasteiger partial charge in [-0.25, -0.2) is 21.9 Å². The van der Waals surface area contributed by atoms with E-state index in [0.29, 0.717) is 42.2 Å². The van der Waals surface area contributed by atoms with Crippen LogP contribution >= 0.6 is 0 Å². The van der Waals surface area contributed by atoms with Gasteiger partial charge in [0.1, 0.15) is 17.2 Å². The average molecular weight is 504 g/mol. The molecule has 7 nitrogen and oxygen atoms in total. The van der Waals surface area contributed by atoms with Crippen molar-refractivity contribution in [2.45, 2.75) is 51.7 Å². The first-order chi connectivity index (χ1) is 16.4. The highest BCUT2D eigenvalue weighted by Crippen LogP contribution is 2.39. The number of aryl methyl sites for hydroxylation is 1. The summed E-state index contributed by atoms with van der Waals surface area (Å²) >= 11 is 0. The molecule has 10 heteroatoms. The topological polar surface area (TPSA) is 101 Å². The summed E-state index contributed by atoms with van der Waals surface area (Å²) in [6, 6.07) is 5.89. The Bertz CT molecular complexity index is 1520. The zero-order valence-electron chi connectivity index (χ0n) is 19.7. The van der Waals surface area contributed by atoms with Crippen LogP contribution in [0, 0.1) is 5.82 Å². The molecule has 1 aliphatic carbocycles. The third-order valence-electron chi connectivity index (χ3n) is 6.43. The van der Waals surface area contributed by atoms with Gasteiger partial charge in [-0.05, 0) is 68.0 Å². The Labute approximate surface area is 201 Å². The van der Waals surface area contributed by atoms with Gasteiger partial charge in [0.25, 0.3) is 11.5 Å². The number of aromatic nitrogens is 2. The third-order valence-corrected chi connectivity index (χ3v) is 6.99. The molecule has 4 rings (SSSR count). The normalized spacial score (nSPS) is 18.5. The summed E-state index contributed by atoms with van der Waals surface area (Å²) in [5.74, 6) is -1.50. The van der Waals surface area contributed by atoms with Gasteiger partial charge in [0.05, 0.1) is 11.8 Å². The van der Waals surface area contributed by atoms with Crippen molar-refractivity contribution in [3.63, 3.8) is 0 Å². The van der Waals surface area contributed by atoms with E-state index in [9.17, 15) is 22.4 Å². The molecule has 2 heterocycles. The molecule has 0 fully saturated rings. The molecule has 1 aliphatic rings. The van der Waals surface area contributed by atoms with Crippen molar-refractivity contribution in [1.82, 2.24) is 14.3 Å². The number of nitrogens with one attached hydrogen (secondary N) is 2. The van der Waals surface area contributed by atoms with Crippen molar-refractivity contribution in [3.8, 4) is 11.1 Å². The van der Waals surface area contributed by atoms with Crippen molar-refractivity contribution in [2.24, 2.45) is 0 Å². The lowest BCUT2D eigenvalue weighted by molar-refractivity contribution is 0.0973. The highest BCUT2D eigenvalue weighted by molar-refractivity contribution is 7.89. The van der Waals surface area contributed by atoms with Gasteiger partial charge in [-0.2, -0.15) is 0 Å². The van der Waals surface area contributed by atoms with Crippen LogP contribution < -0.4 is 10.3 Å². The van der Waals surface area contributed by atoms with E-state index in [4.69, 9.17) is 0 Å². The van der Waals surface area contributed by atoms with E-state index in [1.807, 2.05) is 4.72 Å². The van der Waals surface area contributed by atoms with Crippen molar-refractivity contribution in [1.29, 1.82) is 0 Å². The zero-order chi connectivity index (χ0) is 25.5. The minimum Gasteiger partial charge on any atom is -0.332 e. The number of aromatic amines is 1. The highest BCUT2D eigenvalue weighted by atomic mass is 32.2. The van der Waals surface area contributed by atoms with Crippen LogP contribution in [0.5, 0.6) is 0 Å². The molecule has 1 unspecified atom stereocenters. The second-order valence-electron chi connectivity index (χ2n) is 9.06. The molecule has 3 aromatic rings. The number of carbonyl (C=O) groups excluding carboxylic acids is 1. The molecule has 186 valence electrons. The number of allylic oxidation sites excluding steroid dienone is 2. The van der Waals surface area contributed by atoms with Gasteiger partial charge in [-0.15, -0.1) is 0 Å². The predicted molar refractivity (Wildman–Crippen MR) is 131 cm³/mol. The number of carbonyl (C=O) groups is 1. The van der Waals surface area contributed by atoms with Crippen LogP contribution in [0.4, 0.5) is 8.78 Å². The molecule has 1 amide bonds. The maximum absolute atomic E-state index is 15.4. The van der Waals surface area contributed by atoms with Gasteiger partial charge in [0.2, 0.25) is 10.0 Å². The van der Waals surface area contributed by atoms with Crippen LogP contribution in [0.3, 0.4) is 0 Å². The SMILES string of the molecule is CCc1cc2c(-c3ccc[nH]c3=O)c(C(=O)NS(C)(=O)=O)n(CC3=CCCCC3(C)F)c2cc1F. The number of benzene rings is 1. The Morgan fingerprint density at radius 2 is 2.06 bits per heavy atom. The third kappa shape index (κ3) is 4.80. The zero-order valence-corrected chi connectivity index (χ0v) is 20.6. The largest absolute Gasteiger partial charge is 0.332 e. The summed E-state index contributed by atoms with van der Waals surface area (Å²) in [5, 5.41) is 0.399. The summed E-state index contributed by atoms with van der Waals surface area (Å²) in [5.41, 5.74) is -0.997. The quantitative estimate of drug-likeness (QED) is 0.492. The van der Waals surface area contributed by atoms with Gasteiger partial charge in [0, 0.05) is 29.3 Å². The van der Waals surface area contributed by atoms with Crippen LogP contribution in [0.15, 0.2) is 46.9 Å². The van der Waals surface area contributed by atoms with Crippen LogP contribution in [0.1, 0.15) is 49.2 Å². The molecule has 0 radical (unpaired) electrons. The lowest BCUT2D eigenvalue weighted by Crippen LogP contribution is -2.33. The number of pyridine rings is 1. The first kappa shape index (κ1) is 24.8. The Morgan fingerprint density at radius 1 is 1.31 bits per heavy atom. The Kier molecular flexibility index (Phi) is 6.44. The number of sulfonamides is 1. The van der Waals surface area contributed by atoms with Crippen LogP contribution in [0.25, 0.3) is 22.0 Å². The summed E-state index contributed by atoms with van der Waals surface area (Å²) in [6.45, 7) is 3.12. The second kappa shape index (κ2) is 9.07. The molecule has 0 bridgehead atoms. The molecule has 1 atom stereocenters. The number of rotatable bonds is 6. The van der Waals surface area contributed by atoms with Crippen molar-refractivity contribution in [3.05, 3.63) is 69.5 Å². The molecule has 1 aromatic carbocycles. The predicted octanol–water partition coefficient (Wildman–Crippen LogP) is 4.23. The summed E-state index contributed by atoms with van der Waals surface area (Å²) < 4.78 is 57.7. The fourth-order valence-electron chi connectivity index (χ4n) is 4.68. The number of hydrogen-bond acceptors (Lipinski definition) is 4. The van der Waals surface area contributed by atoms with Crippen LogP contribution in [0.2, 0.25) is 0 Å². The summed E-state index contributed by atoms with van der Waals surface area (Å²) in [7, 11) is -3.97. The van der Waals surface area contributed by atoms with Gasteiger partial charge in [-0.3, -0.25) is 9.59 Å². The van der Waals surface area contributed by atoms with Crippen LogP contribution in [-0.4, -0.2) is 35.8 Å². The summed E-state index contributed by atoms with van der Waals surface area (Å²) in [4.78, 5) is 28.7. The fourth-order valence-corrected chi connectivity index (χ4v) is 5.11. The smallest absolute Gasteiger partial charge is 0.282 e. The molecule has 0 spiro atoms. The van der Waals surface area contributed by atoms with Crippen molar-refractivity contribution in [2.75, 3.05) is 6.26 Å². The molecule has 35 heavy (non-hydrogen) atoms. The number of halogens is 2. The Balaban J connectivity index is 2.11. The Hall–Kier alpha value is -3.27. The molecule has 2 aromatic heterocycles. The van der Waals surface area contributed by atoms with E-state index in [0.717, 1.165) is 6.26 Å². The molecular formula is C25H27F2N3O4S. The van der Waals surface area contributed by atoms with E-state index in [2.05, 4.69) is 4.98 Å². The first-order valence-electron chi connectivity index (χ1n) is 11.4. The monoisotopic (exact) mass is 503 g/mol. The van der Waals surface area contributed by atoms with E-state index >= 15 is 4.39 Å². The molecule has 0 saturated heterocycles. The molecule has 0 aliphatic heterocycles. The standard InChI is InChI=1S/C25H27F2N3O4S/c1-4-15-12-18-20(13-19(15)26)30(14-16-8-5-6-10-25(16,2)27)22(24(32)29-35(3,33)34)21(18)17-9-7-11-28-23(17)31/h7-9,11-13H,4-6,10,14H2,1-3H3,(H,28,31)(H,29,32). The fraction of sp³-hybridized carbons (Fsp3) is 0.360. The minimum absolute atomic E-state index is 0.105. The van der Waals surface area contributed by atoms with E-state index in [1.54, 1.807) is 25.1 Å². The van der Waals surface area contributed by atoms with E-state index < -0.39 is 33.0 Å². The average Bonchev–Trinajstić information content (AvgIpc) is 3.06. The number of nitrogens with zero attached hydrogens (tertiary/aromatic N) is 1. The maximum atomic E-state index is 15.4. The second-order valence-corrected chi connectivity index (χ2v) is 10.8. The van der Waals surface area contributed by atoms with Gasteiger partial charge < -0.3 is 9.55 Å². The van der Waals surface area contributed by atoms with Gasteiger partial charge in [0.15, 0.2) is 0 Å². The van der Waals surface area contributed by atoms with Crippen molar-refractivity contribution >= 4 is 26.8 Å². The number of alkyl halides is 1. The maximum Gasteiger partial charge on any atom is 0.282 e. The van der Waals surface area contributed by atoms with Gasteiger partial charge in [-0.1, -0.05) is 13.0 Å². The van der Waals surface area contributed by atoms with E-state index in [-0.39, 0.29) is 28.9 Å². The molecule has 2 N–H and O–H groups in total. The Morgan fingerprint density at radius 3 is 2.69 bits per heavy atom. The van der Waals surface area contributed by atoms with Crippen LogP contribution in [-0.2, 0) is 23.0 Å². The van der Waals surface area contributed by atoms with E-state index in [1.165, 1.54) is 29.8 Å². The lowest BCUT2D eigenvalue weighted by atomic mass is 9.86. The number of hydrogen-bond donors (Lipinski definition) is 2. The first-order valence-corrected chi connectivity index (χ1v) is 13.3. The minimum atomic E-state index is -3.97. The van der Waals surface area contributed by atoms with Crippen molar-refractivity contribution < 1.29 is 22.0 Å². The number of H-pyrrole nitrogens is 1. The highest BCUT2D eigenvalue weighted by Gasteiger charge is 2.34.